The Morgan fingerprint density at radius 2 is 1.11 bits per heavy atom. The third-order valence-electron chi connectivity index (χ3n) is 17.1. The normalized spacial score (nSPS) is 22.1. The molecule has 1 aromatic heterocycles. The van der Waals surface area contributed by atoms with E-state index in [1.54, 1.807) is 30.5 Å². The molecular weight excluding hydrogens is 1520 g/mol. The van der Waals surface area contributed by atoms with Crippen LogP contribution < -0.4 is 11.5 Å². The van der Waals surface area contributed by atoms with Gasteiger partial charge in [0, 0.05) is 47.6 Å². The second-order valence-corrected chi connectivity index (χ2v) is 26.5. The lowest BCUT2D eigenvalue weighted by atomic mass is 9.97. The number of Topliss-reactive ketones (excluding diaryl/α,β-unsaturated/α-hetero) is 1. The number of aromatic nitrogens is 1. The van der Waals surface area contributed by atoms with Crippen LogP contribution in [0.5, 0.6) is 0 Å². The van der Waals surface area contributed by atoms with E-state index >= 15 is 0 Å². The number of carbonyl (C=O) groups excluding carboxylic acids is 2. The lowest BCUT2D eigenvalue weighted by Gasteiger charge is -2.24. The van der Waals surface area contributed by atoms with Gasteiger partial charge in [0.2, 0.25) is 70.8 Å². The highest BCUT2D eigenvalue weighted by Crippen LogP contribution is 2.25. The monoisotopic (exact) mass is 1620 g/mol. The predicted molar refractivity (Wildman–Crippen MR) is 426 cm³/mol. The number of aliphatic imine (C=N–C) groups is 13. The number of rotatable bonds is 35. The number of nitrogens with one attached hydrogen (secondary N) is 2. The van der Waals surface area contributed by atoms with Crippen LogP contribution in [0.3, 0.4) is 0 Å². The third kappa shape index (κ3) is 32.5. The fourth-order valence-corrected chi connectivity index (χ4v) is 11.1. The number of ether oxygens (including phenoxy) is 1. The van der Waals surface area contributed by atoms with Gasteiger partial charge >= 0.3 is 29.8 Å². The molecule has 4 unspecified atom stereocenters. The lowest BCUT2D eigenvalue weighted by molar-refractivity contribution is -0.150. The summed E-state index contributed by atoms with van der Waals surface area (Å²) in [6, 6.07) is -10.1. The second-order valence-electron chi connectivity index (χ2n) is 26.5. The van der Waals surface area contributed by atoms with Crippen molar-refractivity contribution in [2.75, 3.05) is 32.0 Å². The molecule has 0 fully saturated rings. The van der Waals surface area contributed by atoms with E-state index in [1.165, 1.54) is 24.3 Å². The number of nitrogens with two attached hydrogens (primary N) is 2. The number of hydrogen-bond acceptors (Lipinski definition) is 24. The third-order valence-corrected chi connectivity index (χ3v) is 17.1. The topological polar surface area (TPSA) is 748 Å². The number of carbonyl (C=O) groups is 6. The highest BCUT2D eigenvalue weighted by molar-refractivity contribution is 6.04. The Balaban J connectivity index is 2.11. The molecule has 43 nitrogen and oxygen atoms in total. The van der Waals surface area contributed by atoms with Crippen molar-refractivity contribution in [2.24, 2.45) is 76.6 Å². The first-order chi connectivity index (χ1) is 54.4. The molecule has 0 amide bonds. The van der Waals surface area contributed by atoms with Gasteiger partial charge in [-0.3, -0.25) is 29.4 Å². The van der Waals surface area contributed by atoms with Crippen molar-refractivity contribution >= 4 is 135 Å². The van der Waals surface area contributed by atoms with Crippen molar-refractivity contribution in [3.63, 3.8) is 0 Å². The molecule has 25 N–H and O–H groups in total. The van der Waals surface area contributed by atoms with Gasteiger partial charge in [-0.15, -0.1) is 0 Å². The van der Waals surface area contributed by atoms with Crippen LogP contribution in [0.2, 0.25) is 0 Å². The number of anilines is 1. The van der Waals surface area contributed by atoms with Crippen molar-refractivity contribution in [2.45, 2.75) is 209 Å². The zero-order valence-electron chi connectivity index (χ0n) is 63.4. The average molecular weight is 1620 g/mol. The van der Waals surface area contributed by atoms with Gasteiger partial charge in [-0.1, -0.05) is 82.7 Å². The van der Waals surface area contributed by atoms with Crippen molar-refractivity contribution in [3.05, 3.63) is 65.9 Å². The second kappa shape index (κ2) is 47.6. The van der Waals surface area contributed by atoms with Crippen LogP contribution >= 0.6 is 0 Å². The summed E-state index contributed by atoms with van der Waals surface area (Å²) in [7, 11) is 0. The van der Waals surface area contributed by atoms with Crippen LogP contribution in [0.1, 0.15) is 146 Å². The largest absolute Gasteiger partial charge is 0.497 e. The molecule has 1 aliphatic rings. The fourth-order valence-electron chi connectivity index (χ4n) is 11.1. The number of nitrogens with zero attached hydrogens (tertiary/aromatic N) is 13. The number of nitrogen functional groups attached to an aromatic ring is 1. The van der Waals surface area contributed by atoms with E-state index < -0.39 is 255 Å². The zero-order valence-corrected chi connectivity index (χ0v) is 63.4. The maximum Gasteiger partial charge on any atom is 0.331 e. The molecule has 43 heteroatoms. The van der Waals surface area contributed by atoms with Crippen molar-refractivity contribution in [1.29, 1.82) is 5.41 Å². The lowest BCUT2D eigenvalue weighted by Crippen LogP contribution is -2.40. The van der Waals surface area contributed by atoms with E-state index in [2.05, 4.69) is 76.8 Å². The SMILES string of the molecule is CCCCCCCCCC(O)=N[C@@H](Cc1c[nH]c2ccccc12)C(O)=N[C@@H](CC(=N)O)C(O)=N[C@@H](CC(=O)O)C(O)=NC1C(O)=NCC(O)=N[C@@H](CCCN)C(O)=NC(CC(=O)O)C(O)=N[C@H](C)C(O)=N[C@@H](CC(=O)O)C(O)=NCC(O)=N[C@H](CO)C(O)=NC([C@H](C)CC(=O)O)C(O)=N[C@@H](CC(=O)c2ccccc2N)C(=O)OC1C. The highest BCUT2D eigenvalue weighted by Gasteiger charge is 2.37. The van der Waals surface area contributed by atoms with Crippen LogP contribution in [-0.4, -0.2) is 319 Å². The number of hydrogen-bond donors (Lipinski definition) is 23. The van der Waals surface area contributed by atoms with E-state index in [9.17, 15) is 126 Å². The predicted octanol–water partition coefficient (Wildman–Crippen LogP) is 6.35. The van der Waals surface area contributed by atoms with Gasteiger partial charge in [0.1, 0.15) is 67.5 Å². The number of aromatic amines is 1. The molecular formula is C72H101N17O26. The van der Waals surface area contributed by atoms with Gasteiger partial charge < -0.3 is 118 Å². The molecule has 0 radical (unpaired) electrons. The number of aliphatic hydroxyl groups excluding tert-OH is 15. The number of benzene rings is 2. The molecule has 3 aromatic rings. The number of para-hydroxylation sites is 2. The Bertz CT molecular complexity index is 4260. The van der Waals surface area contributed by atoms with Gasteiger partial charge in [-0.25, -0.2) is 69.7 Å². The van der Waals surface area contributed by atoms with Gasteiger partial charge in [-0.05, 0) is 69.3 Å². The Kier molecular flexibility index (Phi) is 39.2. The van der Waals surface area contributed by atoms with Crippen LogP contribution in [0.4, 0.5) is 5.69 Å². The summed E-state index contributed by atoms with van der Waals surface area (Å²) < 4.78 is 5.72. The van der Waals surface area contributed by atoms with E-state index in [4.69, 9.17) is 21.6 Å². The summed E-state index contributed by atoms with van der Waals surface area (Å²) >= 11 is 0. The number of cyclic esters (lactones) is 1. The summed E-state index contributed by atoms with van der Waals surface area (Å²) in [6.07, 6.45) is -1.59. The summed E-state index contributed by atoms with van der Waals surface area (Å²) in [5.74, 6) is -27.5. The Morgan fingerprint density at radius 3 is 1.71 bits per heavy atom. The van der Waals surface area contributed by atoms with Gasteiger partial charge in [-0.2, -0.15) is 0 Å². The van der Waals surface area contributed by atoms with E-state index in [1.807, 2.05) is 0 Å². The zero-order chi connectivity index (χ0) is 85.8. The molecule has 1 aliphatic heterocycles. The maximum absolute atomic E-state index is 14.9. The van der Waals surface area contributed by atoms with Crippen molar-refractivity contribution in [1.82, 2.24) is 4.98 Å². The smallest absolute Gasteiger partial charge is 0.331 e. The minimum atomic E-state index is -2.42. The molecule has 13 atom stereocenters. The van der Waals surface area contributed by atoms with Crippen LogP contribution in [0.15, 0.2) is 120 Å². The van der Waals surface area contributed by atoms with Crippen LogP contribution in [-0.2, 0) is 35.1 Å². The van der Waals surface area contributed by atoms with Gasteiger partial charge in [0.05, 0.1) is 38.7 Å². The first-order valence-electron chi connectivity index (χ1n) is 36.3. The molecule has 115 heavy (non-hydrogen) atoms. The number of carboxylic acids is 4. The van der Waals surface area contributed by atoms with E-state index in [-0.39, 0.29) is 43.5 Å². The average Bonchev–Trinajstić information content (AvgIpc) is 1.72. The minimum Gasteiger partial charge on any atom is -0.497 e. The van der Waals surface area contributed by atoms with E-state index in [0.717, 1.165) is 59.3 Å². The molecule has 0 saturated heterocycles. The summed E-state index contributed by atoms with van der Waals surface area (Å²) in [5.41, 5.74) is 12.7. The number of aliphatic carboxylic acids is 4. The van der Waals surface area contributed by atoms with Crippen LogP contribution in [0, 0.1) is 11.3 Å². The number of H-pyrrole nitrogens is 1. The number of fused-ring (bicyclic) bond motifs is 1. The summed E-state index contributed by atoms with van der Waals surface area (Å²) in [4.78, 5) is 132. The van der Waals surface area contributed by atoms with Gasteiger partial charge in [0.25, 0.3) is 0 Å². The number of esters is 1. The standard InChI is InChI=1S/C72H101N17O26/c1-5-6-7-8-9-10-11-22-53(93)81-44(25-38-31-76-42-20-15-13-17-39(38)42)66(108)84-45(27-52(75)92)67(109)86-48(30-59(102)103)68(110)89-61-37(4)115-72(114)49(26-51(91)40-18-12-14-19-41(40)74)87-71(113)60(35(2)24-56(96)97)88-69(111)50(34-90)82-55(95)32-77-63(105)46(28-57(98)99)83-62(104)36(3)79-65(107)47(29-58(100)101)85-64(106)43(21-16-23-73)80-54(94)33-78-70(61)112/h12-15,17-20,31,35-37,43-50,60-61,76,90H,5-11,16,21-30,32-34,73-74H2,1-4H3,(H2,75,92)(H,77,105)(H,78,112)(H,79,107)(H,80,94)(H,81,93)(H,82,95)(H,83,104)(H,84,108)(H,85,106)(H,86,109)(H,87,113)(H,88,111)(H,89,110)(H,96,97)(H,98,99)(H,100,101)(H,102,103)/t35-,36-,37?,43+,44+,45+,46+,47?,48+,49+,50-,60?,61?/m1/s1. The van der Waals surface area contributed by atoms with Crippen molar-refractivity contribution in [3.8, 4) is 0 Å². The molecule has 0 aliphatic carbocycles. The first kappa shape index (κ1) is 94.7. The fraction of sp³-hybridized carbons (Fsp3) is 0.528. The molecule has 0 saturated carbocycles. The number of ketones is 1. The molecule has 0 spiro atoms. The Hall–Kier alpha value is -12.7. The maximum atomic E-state index is 14.9. The number of unbranched alkanes of at least 4 members (excludes halogenated alkanes) is 6. The Labute approximate surface area is 657 Å². The molecule has 630 valence electrons. The quantitative estimate of drug-likeness (QED) is 0.00761. The molecule has 0 bridgehead atoms. The minimum absolute atomic E-state index is 0.0508. The summed E-state index contributed by atoms with van der Waals surface area (Å²) in [5, 5.41) is 218. The Morgan fingerprint density at radius 1 is 0.574 bits per heavy atom. The first-order valence-corrected chi connectivity index (χ1v) is 36.3. The van der Waals surface area contributed by atoms with Crippen LogP contribution in [0.25, 0.3) is 10.9 Å². The number of carboxylic acid groups (broad SMARTS) is 4. The van der Waals surface area contributed by atoms with E-state index in [0.29, 0.717) is 22.9 Å². The molecule has 2 heterocycles. The summed E-state index contributed by atoms with van der Waals surface area (Å²) in [6.45, 7) is 1.39. The van der Waals surface area contributed by atoms with Gasteiger partial charge in [0.15, 0.2) is 35.7 Å². The number of aliphatic hydroxyl groups is 15. The van der Waals surface area contributed by atoms with Crippen molar-refractivity contribution < 1.29 is 131 Å². The molecule has 2 aromatic carbocycles. The highest BCUT2D eigenvalue weighted by atomic mass is 16.5. The molecule has 4 rings (SSSR count).